The van der Waals surface area contributed by atoms with Gasteiger partial charge in [0.05, 0.1) is 13.2 Å². The number of hydrogen-bond acceptors (Lipinski definition) is 5. The minimum atomic E-state index is -0.678. The van der Waals surface area contributed by atoms with Crippen molar-refractivity contribution >= 4 is 17.0 Å². The maximum absolute atomic E-state index is 13.3. The molecule has 0 spiro atoms. The Hall–Kier alpha value is -2.89. The molecule has 0 aliphatic carbocycles. The second kappa shape index (κ2) is 8.57. The van der Waals surface area contributed by atoms with E-state index in [2.05, 4.69) is 22.9 Å². The van der Waals surface area contributed by atoms with Crippen LogP contribution >= 0.6 is 0 Å². The lowest BCUT2D eigenvalue weighted by Crippen LogP contribution is -2.57. The maximum Gasteiger partial charge on any atom is 0.188 e. The standard InChI is InChI=1S/C27H30N2O3/c1-3-17-16-29-12-11-19(17)13-25(29)27(31)22-15-24(26(30)18-7-5-4-6-8-18)28-23-10-9-20(32-2)14-21(22)23/h3-10,14-15,17,19,24-25,27-28,31H,1,11-13,16H2,2H3/t17-,19-,24?,25+,27-/m0/s1. The summed E-state index contributed by atoms with van der Waals surface area (Å²) in [6, 6.07) is 14.6. The molecule has 3 fully saturated rings. The molecule has 2 bridgehead atoms. The summed E-state index contributed by atoms with van der Waals surface area (Å²) in [5.74, 6) is 1.78. The number of Topliss-reactive ketones (excluding diaryl/α,β-unsaturated/α-hetero) is 1. The zero-order valence-corrected chi connectivity index (χ0v) is 18.4. The van der Waals surface area contributed by atoms with Crippen molar-refractivity contribution in [2.75, 3.05) is 25.5 Å². The van der Waals surface area contributed by atoms with E-state index in [1.807, 2.05) is 54.6 Å². The number of carbonyl (C=O) groups is 1. The number of ether oxygens (including phenoxy) is 1. The van der Waals surface area contributed by atoms with Crippen molar-refractivity contribution in [1.82, 2.24) is 4.90 Å². The van der Waals surface area contributed by atoms with Gasteiger partial charge in [-0.05, 0) is 61.1 Å². The number of benzene rings is 2. The van der Waals surface area contributed by atoms with Crippen molar-refractivity contribution in [1.29, 1.82) is 0 Å². The highest BCUT2D eigenvalue weighted by atomic mass is 16.5. The lowest BCUT2D eigenvalue weighted by molar-refractivity contribution is -0.0254. The lowest BCUT2D eigenvalue weighted by Gasteiger charge is -2.51. The molecule has 4 heterocycles. The van der Waals surface area contributed by atoms with Gasteiger partial charge < -0.3 is 15.2 Å². The molecule has 2 aromatic rings. The van der Waals surface area contributed by atoms with Gasteiger partial charge in [-0.3, -0.25) is 9.69 Å². The predicted octanol–water partition coefficient (Wildman–Crippen LogP) is 4.01. The summed E-state index contributed by atoms with van der Waals surface area (Å²) >= 11 is 0. The second-order valence-corrected chi connectivity index (χ2v) is 9.08. The fraction of sp³-hybridized carbons (Fsp3) is 0.370. The molecule has 2 N–H and O–H groups in total. The molecule has 0 saturated carbocycles. The molecule has 5 nitrogen and oxygen atoms in total. The molecule has 0 radical (unpaired) electrons. The fourth-order valence-electron chi connectivity index (χ4n) is 5.59. The average molecular weight is 431 g/mol. The fourth-order valence-corrected chi connectivity index (χ4v) is 5.59. The Labute approximate surface area is 189 Å². The van der Waals surface area contributed by atoms with Gasteiger partial charge in [0.25, 0.3) is 0 Å². The number of aliphatic hydroxyl groups excluding tert-OH is 1. The van der Waals surface area contributed by atoms with E-state index in [-0.39, 0.29) is 11.8 Å². The predicted molar refractivity (Wildman–Crippen MR) is 127 cm³/mol. The van der Waals surface area contributed by atoms with E-state index in [1.165, 1.54) is 0 Å². The van der Waals surface area contributed by atoms with Crippen LogP contribution in [0, 0.1) is 11.8 Å². The van der Waals surface area contributed by atoms with Gasteiger partial charge in [-0.1, -0.05) is 36.4 Å². The average Bonchev–Trinajstić information content (AvgIpc) is 2.87. The number of methoxy groups -OCH3 is 1. The maximum atomic E-state index is 13.3. The zero-order chi connectivity index (χ0) is 22.2. The van der Waals surface area contributed by atoms with Crippen LogP contribution in [0.25, 0.3) is 5.57 Å². The van der Waals surface area contributed by atoms with Crippen LogP contribution in [0.2, 0.25) is 0 Å². The number of ketones is 1. The highest BCUT2D eigenvalue weighted by Crippen LogP contribution is 2.42. The molecule has 0 amide bonds. The van der Waals surface area contributed by atoms with E-state index >= 15 is 0 Å². The van der Waals surface area contributed by atoms with Gasteiger partial charge in [0.15, 0.2) is 5.78 Å². The first-order valence-electron chi connectivity index (χ1n) is 11.4. The number of aliphatic hydroxyl groups is 1. The number of anilines is 1. The van der Waals surface area contributed by atoms with Crippen LogP contribution < -0.4 is 10.1 Å². The SMILES string of the molecule is C=C[C@H]1CN2CC[C@H]1C[C@@H]2[C@@H](O)C1=CC(C(=O)c2ccccc2)Nc2ccc(OC)cc21. The summed E-state index contributed by atoms with van der Waals surface area (Å²) in [4.78, 5) is 15.6. The zero-order valence-electron chi connectivity index (χ0n) is 18.4. The molecule has 6 atom stereocenters. The number of hydrogen-bond donors (Lipinski definition) is 2. The molecule has 32 heavy (non-hydrogen) atoms. The van der Waals surface area contributed by atoms with E-state index in [4.69, 9.17) is 4.74 Å². The largest absolute Gasteiger partial charge is 0.497 e. The van der Waals surface area contributed by atoms with E-state index in [0.29, 0.717) is 17.4 Å². The summed E-state index contributed by atoms with van der Waals surface area (Å²) in [6.45, 7) is 5.95. The molecule has 0 aromatic heterocycles. The van der Waals surface area contributed by atoms with Crippen molar-refractivity contribution in [2.24, 2.45) is 11.8 Å². The normalized spacial score (nSPS) is 29.3. The minimum absolute atomic E-state index is 0.00559. The van der Waals surface area contributed by atoms with Crippen LogP contribution in [-0.4, -0.2) is 54.2 Å². The van der Waals surface area contributed by atoms with E-state index in [1.54, 1.807) is 7.11 Å². The molecule has 6 rings (SSSR count). The first kappa shape index (κ1) is 21.0. The summed E-state index contributed by atoms with van der Waals surface area (Å²) in [5, 5.41) is 15.0. The molecule has 2 unspecified atom stereocenters. The van der Waals surface area contributed by atoms with E-state index in [0.717, 1.165) is 48.5 Å². The number of piperidine rings is 3. The molecule has 166 valence electrons. The third-order valence-electron chi connectivity index (χ3n) is 7.37. The number of nitrogens with zero attached hydrogens (tertiary/aromatic N) is 1. The van der Waals surface area contributed by atoms with Crippen LogP contribution in [0.15, 0.2) is 67.3 Å². The minimum Gasteiger partial charge on any atom is -0.497 e. The first-order chi connectivity index (χ1) is 15.6. The Morgan fingerprint density at radius 3 is 2.78 bits per heavy atom. The summed E-state index contributed by atoms with van der Waals surface area (Å²) in [7, 11) is 1.64. The van der Waals surface area contributed by atoms with Crippen LogP contribution in [0.4, 0.5) is 5.69 Å². The van der Waals surface area contributed by atoms with E-state index in [9.17, 15) is 9.90 Å². The molecule has 2 aromatic carbocycles. The summed E-state index contributed by atoms with van der Waals surface area (Å²) < 4.78 is 5.45. The van der Waals surface area contributed by atoms with Crippen LogP contribution in [0.5, 0.6) is 5.75 Å². The summed E-state index contributed by atoms with van der Waals surface area (Å²) in [5.41, 5.74) is 3.20. The highest BCUT2D eigenvalue weighted by Gasteiger charge is 2.43. The highest BCUT2D eigenvalue weighted by molar-refractivity contribution is 6.05. The molecular formula is C27H30N2O3. The van der Waals surface area contributed by atoms with Gasteiger partial charge in [-0.15, -0.1) is 6.58 Å². The monoisotopic (exact) mass is 430 g/mol. The lowest BCUT2D eigenvalue weighted by atomic mass is 9.73. The Balaban J connectivity index is 1.51. The Kier molecular flexibility index (Phi) is 5.62. The molecular weight excluding hydrogens is 400 g/mol. The van der Waals surface area contributed by atoms with Gasteiger partial charge in [0.2, 0.25) is 0 Å². The van der Waals surface area contributed by atoms with Crippen LogP contribution in [-0.2, 0) is 0 Å². The van der Waals surface area contributed by atoms with Crippen molar-refractivity contribution < 1.29 is 14.6 Å². The van der Waals surface area contributed by atoms with E-state index < -0.39 is 12.1 Å². The van der Waals surface area contributed by atoms with Gasteiger partial charge in [-0.25, -0.2) is 0 Å². The third kappa shape index (κ3) is 3.65. The molecule has 5 heteroatoms. The van der Waals surface area contributed by atoms with Gasteiger partial charge in [0.1, 0.15) is 11.8 Å². The van der Waals surface area contributed by atoms with Gasteiger partial charge >= 0.3 is 0 Å². The smallest absolute Gasteiger partial charge is 0.188 e. The Morgan fingerprint density at radius 1 is 1.28 bits per heavy atom. The number of nitrogens with one attached hydrogen (secondary N) is 1. The van der Waals surface area contributed by atoms with Crippen molar-refractivity contribution in [2.45, 2.75) is 31.0 Å². The van der Waals surface area contributed by atoms with Crippen LogP contribution in [0.3, 0.4) is 0 Å². The Bertz CT molecular complexity index is 1050. The number of fused-ring (bicyclic) bond motifs is 4. The second-order valence-electron chi connectivity index (χ2n) is 9.08. The topological polar surface area (TPSA) is 61.8 Å². The van der Waals surface area contributed by atoms with Crippen molar-refractivity contribution in [3.8, 4) is 5.75 Å². The molecule has 3 saturated heterocycles. The number of rotatable bonds is 6. The quantitative estimate of drug-likeness (QED) is 0.536. The molecule has 4 aliphatic heterocycles. The van der Waals surface area contributed by atoms with Crippen molar-refractivity contribution in [3.63, 3.8) is 0 Å². The van der Waals surface area contributed by atoms with Gasteiger partial charge in [-0.2, -0.15) is 0 Å². The van der Waals surface area contributed by atoms with Gasteiger partial charge in [0, 0.05) is 29.4 Å². The number of carbonyl (C=O) groups excluding carboxylic acids is 1. The summed E-state index contributed by atoms with van der Waals surface area (Å²) in [6.07, 6.45) is 5.40. The van der Waals surface area contributed by atoms with Crippen molar-refractivity contribution in [3.05, 3.63) is 78.4 Å². The molecule has 4 aliphatic rings. The first-order valence-corrected chi connectivity index (χ1v) is 11.4. The third-order valence-corrected chi connectivity index (χ3v) is 7.37. The Morgan fingerprint density at radius 2 is 2.09 bits per heavy atom. The van der Waals surface area contributed by atoms with Crippen LogP contribution in [0.1, 0.15) is 28.8 Å².